The van der Waals surface area contributed by atoms with Crippen LogP contribution in [0.25, 0.3) is 11.0 Å². The van der Waals surface area contributed by atoms with Crippen LogP contribution in [0.2, 0.25) is 0 Å². The number of amides is 1. The van der Waals surface area contributed by atoms with Crippen LogP contribution in [-0.4, -0.2) is 51.9 Å². The van der Waals surface area contributed by atoms with Crippen molar-refractivity contribution in [1.29, 1.82) is 0 Å². The molecule has 0 spiro atoms. The Morgan fingerprint density at radius 1 is 1.00 bits per heavy atom. The molecule has 5 rings (SSSR count). The molecule has 1 N–H and O–H groups in total. The zero-order valence-corrected chi connectivity index (χ0v) is 18.9. The van der Waals surface area contributed by atoms with E-state index in [2.05, 4.69) is 26.8 Å². The van der Waals surface area contributed by atoms with Crippen LogP contribution >= 0.6 is 0 Å². The van der Waals surface area contributed by atoms with Gasteiger partial charge >= 0.3 is 0 Å². The smallest absolute Gasteiger partial charge is 0.246 e. The number of hydrogen-bond acceptors (Lipinski definition) is 7. The first-order valence-corrected chi connectivity index (χ1v) is 11.2. The molecule has 4 aromatic rings. The summed E-state index contributed by atoms with van der Waals surface area (Å²) in [6.45, 7) is 6.01. The number of pyridine rings is 1. The van der Waals surface area contributed by atoms with Crippen LogP contribution in [0.4, 0.5) is 21.7 Å². The molecule has 1 amide bonds. The number of carbonyl (C=O) groups excluding carboxylic acids is 1. The molecular formula is C26H23FN6O2. The molecule has 1 fully saturated rings. The minimum Gasteiger partial charge on any atom is -0.457 e. The van der Waals surface area contributed by atoms with Crippen LogP contribution < -0.4 is 15.0 Å². The van der Waals surface area contributed by atoms with E-state index >= 15 is 0 Å². The number of piperazine rings is 1. The summed E-state index contributed by atoms with van der Waals surface area (Å²) in [5.74, 6) is 1.60. The Kier molecular flexibility index (Phi) is 6.21. The normalized spacial score (nSPS) is 13.5. The number of nitrogens with one attached hydrogen (secondary N) is 1. The number of para-hydroxylation sites is 1. The molecule has 0 radical (unpaired) electrons. The average Bonchev–Trinajstić information content (AvgIpc) is 2.90. The number of hydrogen-bond donors (Lipinski definition) is 1. The molecule has 1 saturated heterocycles. The topological polar surface area (TPSA) is 83.5 Å². The lowest BCUT2D eigenvalue weighted by molar-refractivity contribution is -0.126. The molecule has 0 bridgehead atoms. The molecule has 0 unspecified atom stereocenters. The SMILES string of the molecule is C=CC(=O)N1CCN(c2ccc3ncnc(Nc4ccc(Oc5ccccc5)cc4F)c3n2)CC1. The number of fused-ring (bicyclic) bond motifs is 1. The molecule has 2 aromatic heterocycles. The second-order valence-corrected chi connectivity index (χ2v) is 7.96. The molecule has 0 atom stereocenters. The van der Waals surface area contributed by atoms with Gasteiger partial charge < -0.3 is 19.9 Å². The number of benzene rings is 2. The van der Waals surface area contributed by atoms with Crippen molar-refractivity contribution in [3.63, 3.8) is 0 Å². The summed E-state index contributed by atoms with van der Waals surface area (Å²) in [4.78, 5) is 29.1. The lowest BCUT2D eigenvalue weighted by atomic mass is 10.2. The van der Waals surface area contributed by atoms with Crippen LogP contribution in [0.5, 0.6) is 11.5 Å². The third kappa shape index (κ3) is 4.89. The second kappa shape index (κ2) is 9.76. The standard InChI is InChI=1S/C26H23FN6O2/c1-2-24(34)33-14-12-32(13-15-33)23-11-10-22-25(31-23)26(29-17-28-22)30-21-9-8-19(16-20(21)27)35-18-6-4-3-5-7-18/h2-11,16-17H,1,12-15H2,(H,28,29,30). The van der Waals surface area contributed by atoms with Crippen molar-refractivity contribution >= 4 is 34.3 Å². The molecule has 9 heteroatoms. The number of anilines is 3. The third-order valence-electron chi connectivity index (χ3n) is 5.73. The van der Waals surface area contributed by atoms with E-state index < -0.39 is 5.82 Å². The van der Waals surface area contributed by atoms with Crippen LogP contribution in [-0.2, 0) is 4.79 Å². The van der Waals surface area contributed by atoms with Crippen molar-refractivity contribution in [3.05, 3.63) is 85.5 Å². The van der Waals surface area contributed by atoms with Crippen molar-refractivity contribution in [1.82, 2.24) is 19.9 Å². The summed E-state index contributed by atoms with van der Waals surface area (Å²) >= 11 is 0. The van der Waals surface area contributed by atoms with E-state index in [1.165, 1.54) is 18.5 Å². The Bertz CT molecular complexity index is 1370. The van der Waals surface area contributed by atoms with E-state index in [0.29, 0.717) is 54.5 Å². The highest BCUT2D eigenvalue weighted by molar-refractivity contribution is 5.88. The maximum Gasteiger partial charge on any atom is 0.246 e. The quantitative estimate of drug-likeness (QED) is 0.415. The second-order valence-electron chi connectivity index (χ2n) is 7.96. The summed E-state index contributed by atoms with van der Waals surface area (Å²) in [5, 5.41) is 3.04. The highest BCUT2D eigenvalue weighted by Crippen LogP contribution is 2.29. The Labute approximate surface area is 201 Å². The van der Waals surface area contributed by atoms with Gasteiger partial charge in [0.25, 0.3) is 0 Å². The van der Waals surface area contributed by atoms with Gasteiger partial charge in [-0.15, -0.1) is 0 Å². The van der Waals surface area contributed by atoms with E-state index in [9.17, 15) is 9.18 Å². The summed E-state index contributed by atoms with van der Waals surface area (Å²) < 4.78 is 20.6. The van der Waals surface area contributed by atoms with Crippen molar-refractivity contribution in [2.75, 3.05) is 36.4 Å². The summed E-state index contributed by atoms with van der Waals surface area (Å²) in [6, 6.07) is 17.5. The van der Waals surface area contributed by atoms with Crippen molar-refractivity contribution < 1.29 is 13.9 Å². The fourth-order valence-corrected chi connectivity index (χ4v) is 3.90. The molecule has 35 heavy (non-hydrogen) atoms. The lowest BCUT2D eigenvalue weighted by Gasteiger charge is -2.35. The van der Waals surface area contributed by atoms with E-state index in [1.807, 2.05) is 30.3 Å². The Hall–Kier alpha value is -4.53. The van der Waals surface area contributed by atoms with Gasteiger partial charge in [0.1, 0.15) is 35.0 Å². The van der Waals surface area contributed by atoms with E-state index in [4.69, 9.17) is 9.72 Å². The van der Waals surface area contributed by atoms with Gasteiger partial charge in [-0.05, 0) is 42.5 Å². The first-order chi connectivity index (χ1) is 17.1. The summed E-state index contributed by atoms with van der Waals surface area (Å²) in [5.41, 5.74) is 1.41. The fraction of sp³-hybridized carbons (Fsp3) is 0.154. The predicted molar refractivity (Wildman–Crippen MR) is 133 cm³/mol. The number of carbonyl (C=O) groups is 1. The van der Waals surface area contributed by atoms with E-state index in [1.54, 1.807) is 29.2 Å². The van der Waals surface area contributed by atoms with Crippen molar-refractivity contribution in [3.8, 4) is 11.5 Å². The van der Waals surface area contributed by atoms with E-state index in [-0.39, 0.29) is 11.6 Å². The third-order valence-corrected chi connectivity index (χ3v) is 5.73. The minimum absolute atomic E-state index is 0.0711. The van der Waals surface area contributed by atoms with Gasteiger partial charge in [-0.2, -0.15) is 0 Å². The molecule has 176 valence electrons. The molecule has 1 aliphatic rings. The first kappa shape index (κ1) is 22.3. The number of rotatable bonds is 6. The number of halogens is 1. The predicted octanol–water partition coefficient (Wildman–Crippen LogP) is 4.53. The minimum atomic E-state index is -0.482. The largest absolute Gasteiger partial charge is 0.457 e. The average molecular weight is 471 g/mol. The van der Waals surface area contributed by atoms with Gasteiger partial charge in [0.2, 0.25) is 5.91 Å². The summed E-state index contributed by atoms with van der Waals surface area (Å²) in [6.07, 6.45) is 2.75. The van der Waals surface area contributed by atoms with Gasteiger partial charge in [0, 0.05) is 32.2 Å². The Morgan fingerprint density at radius 3 is 2.54 bits per heavy atom. The lowest BCUT2D eigenvalue weighted by Crippen LogP contribution is -2.48. The van der Waals surface area contributed by atoms with Crippen LogP contribution in [0, 0.1) is 5.82 Å². The zero-order valence-electron chi connectivity index (χ0n) is 18.9. The molecule has 1 aliphatic heterocycles. The molecule has 0 saturated carbocycles. The zero-order chi connectivity index (χ0) is 24.2. The molecule has 0 aliphatic carbocycles. The first-order valence-electron chi connectivity index (χ1n) is 11.2. The van der Waals surface area contributed by atoms with Gasteiger partial charge in [-0.1, -0.05) is 24.8 Å². The van der Waals surface area contributed by atoms with Gasteiger partial charge in [0.15, 0.2) is 5.82 Å². The maximum atomic E-state index is 14.9. The number of nitrogens with zero attached hydrogens (tertiary/aromatic N) is 5. The van der Waals surface area contributed by atoms with Crippen molar-refractivity contribution in [2.24, 2.45) is 0 Å². The highest BCUT2D eigenvalue weighted by atomic mass is 19.1. The Balaban J connectivity index is 1.36. The Morgan fingerprint density at radius 2 is 1.80 bits per heavy atom. The van der Waals surface area contributed by atoms with Crippen LogP contribution in [0.3, 0.4) is 0 Å². The van der Waals surface area contributed by atoms with Crippen LogP contribution in [0.15, 0.2) is 79.6 Å². The molecule has 2 aromatic carbocycles. The van der Waals surface area contributed by atoms with Gasteiger partial charge in [-0.3, -0.25) is 4.79 Å². The monoisotopic (exact) mass is 470 g/mol. The van der Waals surface area contributed by atoms with Gasteiger partial charge in [-0.25, -0.2) is 19.3 Å². The number of ether oxygens (including phenoxy) is 1. The molecule has 3 heterocycles. The number of aromatic nitrogens is 3. The highest BCUT2D eigenvalue weighted by Gasteiger charge is 2.21. The fourth-order valence-electron chi connectivity index (χ4n) is 3.90. The van der Waals surface area contributed by atoms with E-state index in [0.717, 1.165) is 5.82 Å². The van der Waals surface area contributed by atoms with Crippen LogP contribution in [0.1, 0.15) is 0 Å². The van der Waals surface area contributed by atoms with Crippen molar-refractivity contribution in [2.45, 2.75) is 0 Å². The van der Waals surface area contributed by atoms with Gasteiger partial charge in [0.05, 0.1) is 11.2 Å². The maximum absolute atomic E-state index is 14.9. The molecule has 8 nitrogen and oxygen atoms in total. The summed E-state index contributed by atoms with van der Waals surface area (Å²) in [7, 11) is 0. The molecular weight excluding hydrogens is 447 g/mol.